The number of ether oxygens (including phenoxy) is 2. The number of likely N-dealkylation sites (tertiary alicyclic amines) is 2. The van der Waals surface area contributed by atoms with E-state index in [-0.39, 0.29) is 17.7 Å². The zero-order valence-corrected chi connectivity index (χ0v) is 27.7. The van der Waals surface area contributed by atoms with Gasteiger partial charge in [0.2, 0.25) is 5.95 Å². The van der Waals surface area contributed by atoms with Crippen LogP contribution in [-0.4, -0.2) is 81.9 Å². The monoisotopic (exact) mass is 635 g/mol. The van der Waals surface area contributed by atoms with Gasteiger partial charge in [-0.2, -0.15) is 4.98 Å². The number of fused-ring (bicyclic) bond motifs is 1. The molecule has 3 aliphatic heterocycles. The molecule has 3 fully saturated rings. The molecule has 1 N–H and O–H groups in total. The van der Waals surface area contributed by atoms with E-state index in [1.807, 2.05) is 36.5 Å². The number of rotatable bonds is 8. The quantitative estimate of drug-likeness (QED) is 0.248. The molecule has 1 aromatic carbocycles. The van der Waals surface area contributed by atoms with Crippen LogP contribution in [0.15, 0.2) is 65.9 Å². The maximum Gasteiger partial charge on any atom is 0.262 e. The molecule has 3 aliphatic rings. The second-order valence-electron chi connectivity index (χ2n) is 13.4. The van der Waals surface area contributed by atoms with Crippen LogP contribution in [0.4, 0.5) is 11.6 Å². The second kappa shape index (κ2) is 13.4. The van der Waals surface area contributed by atoms with Crippen LogP contribution in [0.1, 0.15) is 62.1 Å². The second-order valence-corrected chi connectivity index (χ2v) is 13.4. The highest BCUT2D eigenvalue weighted by Crippen LogP contribution is 2.32. The predicted octanol–water partition coefficient (Wildman–Crippen LogP) is 6.05. The lowest BCUT2D eigenvalue weighted by Gasteiger charge is -2.34. The Kier molecular flexibility index (Phi) is 8.96. The van der Waals surface area contributed by atoms with Gasteiger partial charge in [0, 0.05) is 62.0 Å². The maximum absolute atomic E-state index is 14.3. The minimum atomic E-state index is -0.109. The molecule has 10 heteroatoms. The van der Waals surface area contributed by atoms with Gasteiger partial charge in [-0.3, -0.25) is 14.3 Å². The first-order valence-electron chi connectivity index (χ1n) is 16.9. The van der Waals surface area contributed by atoms with E-state index in [9.17, 15) is 4.79 Å². The van der Waals surface area contributed by atoms with Gasteiger partial charge < -0.3 is 24.6 Å². The molecule has 0 bridgehead atoms. The van der Waals surface area contributed by atoms with Gasteiger partial charge in [-0.25, -0.2) is 4.98 Å². The Balaban J connectivity index is 1.15. The van der Waals surface area contributed by atoms with Crippen LogP contribution >= 0.6 is 0 Å². The van der Waals surface area contributed by atoms with Gasteiger partial charge in [0.25, 0.3) is 5.56 Å². The van der Waals surface area contributed by atoms with E-state index >= 15 is 0 Å². The Hall–Kier alpha value is -4.28. The van der Waals surface area contributed by atoms with Crippen LogP contribution < -0.4 is 15.6 Å². The van der Waals surface area contributed by atoms with Gasteiger partial charge in [0.05, 0.1) is 23.9 Å². The molecular weight excluding hydrogens is 590 g/mol. The van der Waals surface area contributed by atoms with Crippen molar-refractivity contribution >= 4 is 22.7 Å². The first kappa shape index (κ1) is 31.3. The smallest absolute Gasteiger partial charge is 0.262 e. The fourth-order valence-electron chi connectivity index (χ4n) is 7.15. The van der Waals surface area contributed by atoms with Gasteiger partial charge in [0.15, 0.2) is 0 Å². The summed E-state index contributed by atoms with van der Waals surface area (Å²) >= 11 is 0. The zero-order chi connectivity index (χ0) is 32.5. The lowest BCUT2D eigenvalue weighted by Crippen LogP contribution is -2.35. The number of allylic oxidation sites excluding steroid dienone is 1. The summed E-state index contributed by atoms with van der Waals surface area (Å²) in [5.74, 6) is 1.74. The van der Waals surface area contributed by atoms with Crippen molar-refractivity contribution in [2.45, 2.75) is 64.0 Å². The molecule has 3 saturated heterocycles. The van der Waals surface area contributed by atoms with Gasteiger partial charge in [0.1, 0.15) is 17.5 Å². The average molecular weight is 636 g/mol. The highest BCUT2D eigenvalue weighted by atomic mass is 16.5. The van der Waals surface area contributed by atoms with Crippen molar-refractivity contribution in [1.82, 2.24) is 29.3 Å². The summed E-state index contributed by atoms with van der Waals surface area (Å²) in [4.78, 5) is 33.3. The minimum absolute atomic E-state index is 0.105. The average Bonchev–Trinajstić information content (AvgIpc) is 3.61. The third kappa shape index (κ3) is 6.75. The van der Waals surface area contributed by atoms with Gasteiger partial charge >= 0.3 is 0 Å². The Labute approximate surface area is 276 Å². The largest absolute Gasteiger partial charge is 0.490 e. The summed E-state index contributed by atoms with van der Waals surface area (Å²) in [5.41, 5.74) is 5.96. The number of aryl methyl sites for hydroxylation is 1. The number of pyridine rings is 2. The third-order valence-corrected chi connectivity index (χ3v) is 9.98. The van der Waals surface area contributed by atoms with Crippen molar-refractivity contribution in [1.29, 1.82) is 0 Å². The van der Waals surface area contributed by atoms with Gasteiger partial charge in [-0.05, 0) is 100 Å². The zero-order valence-electron chi connectivity index (χ0n) is 27.7. The van der Waals surface area contributed by atoms with E-state index < -0.39 is 0 Å². The Morgan fingerprint density at radius 2 is 1.77 bits per heavy atom. The molecule has 3 aromatic heterocycles. The molecule has 0 amide bonds. The van der Waals surface area contributed by atoms with Crippen molar-refractivity contribution in [3.63, 3.8) is 0 Å². The number of nitrogens with zero attached hydrogens (tertiary/aromatic N) is 6. The van der Waals surface area contributed by atoms with Gasteiger partial charge in [-0.1, -0.05) is 12.6 Å². The molecule has 1 unspecified atom stereocenters. The molecule has 0 aliphatic carbocycles. The highest BCUT2D eigenvalue weighted by molar-refractivity contribution is 5.82. The molecule has 1 atom stereocenters. The Bertz CT molecular complexity index is 1800. The molecule has 10 nitrogen and oxygen atoms in total. The molecule has 7 rings (SSSR count). The predicted molar refractivity (Wildman–Crippen MR) is 185 cm³/mol. The molecule has 246 valence electrons. The normalized spacial score (nSPS) is 19.7. The minimum Gasteiger partial charge on any atom is -0.490 e. The summed E-state index contributed by atoms with van der Waals surface area (Å²) in [6, 6.07) is 11.9. The van der Waals surface area contributed by atoms with E-state index in [0.29, 0.717) is 42.0 Å². The van der Waals surface area contributed by atoms with Crippen LogP contribution in [0.3, 0.4) is 0 Å². The number of piperidine rings is 2. The van der Waals surface area contributed by atoms with Crippen molar-refractivity contribution < 1.29 is 9.47 Å². The number of hydrogen-bond donors (Lipinski definition) is 1. The molecule has 4 aromatic rings. The number of anilines is 2. The van der Waals surface area contributed by atoms with Crippen LogP contribution in [0.5, 0.6) is 5.75 Å². The van der Waals surface area contributed by atoms with Crippen LogP contribution in [0, 0.1) is 6.92 Å². The fraction of sp³-hybridized carbons (Fsp3) is 0.459. The summed E-state index contributed by atoms with van der Waals surface area (Å²) in [5, 5.41) is 4.11. The van der Waals surface area contributed by atoms with Gasteiger partial charge in [-0.15, -0.1) is 0 Å². The fourth-order valence-corrected chi connectivity index (χ4v) is 7.15. The van der Waals surface area contributed by atoms with E-state index in [4.69, 9.17) is 19.4 Å². The van der Waals surface area contributed by atoms with Crippen LogP contribution in [-0.2, 0) is 4.74 Å². The van der Waals surface area contributed by atoms with Crippen molar-refractivity contribution in [2.75, 3.05) is 51.8 Å². The molecular formula is C37H45N7O3. The van der Waals surface area contributed by atoms with Crippen LogP contribution in [0.2, 0.25) is 0 Å². The Morgan fingerprint density at radius 3 is 2.45 bits per heavy atom. The number of hydrogen-bond acceptors (Lipinski definition) is 9. The number of aromatic nitrogens is 4. The van der Waals surface area contributed by atoms with E-state index in [0.717, 1.165) is 86.4 Å². The Morgan fingerprint density at radius 1 is 1.00 bits per heavy atom. The number of nitrogens with one attached hydrogen (secondary N) is 1. The molecule has 0 spiro atoms. The van der Waals surface area contributed by atoms with Crippen molar-refractivity contribution in [3.8, 4) is 17.0 Å². The van der Waals surface area contributed by atoms with E-state index in [2.05, 4.69) is 53.6 Å². The highest BCUT2D eigenvalue weighted by Gasteiger charge is 2.26. The summed E-state index contributed by atoms with van der Waals surface area (Å²) in [7, 11) is 2.15. The summed E-state index contributed by atoms with van der Waals surface area (Å²) in [6.45, 7) is 13.4. The lowest BCUT2D eigenvalue weighted by atomic mass is 9.89. The molecule has 47 heavy (non-hydrogen) atoms. The lowest BCUT2D eigenvalue weighted by molar-refractivity contribution is 0.114. The van der Waals surface area contributed by atoms with E-state index in [1.54, 1.807) is 10.8 Å². The van der Waals surface area contributed by atoms with Crippen molar-refractivity contribution in [3.05, 3.63) is 82.5 Å². The molecule has 6 heterocycles. The molecule has 0 saturated carbocycles. The standard InChI is InChI=1S/C37H45N7O3/c1-24(2)43-16-9-26(10-17-43)27-19-25(3)34(38-21-27)33-20-28-22-39-37(41-35(28)44(36(33)45)30-13-18-46-23-30)40-29-5-7-31(8-6-29)47-32-11-14-42(4)15-12-32/h5-8,19-22,26,30,32H,1,9-18,23H2,2-4H3,(H,39,40,41). The molecule has 0 radical (unpaired) electrons. The topological polar surface area (TPSA) is 97.6 Å². The van der Waals surface area contributed by atoms with Crippen molar-refractivity contribution in [2.24, 2.45) is 0 Å². The van der Waals surface area contributed by atoms with Crippen LogP contribution in [0.25, 0.3) is 22.3 Å². The van der Waals surface area contributed by atoms with E-state index in [1.165, 1.54) is 5.56 Å². The SMILES string of the molecule is C=C(C)N1CCC(c2cnc(-c3cc4cnc(Nc5ccc(OC6CCN(C)CC6)cc5)nc4n(C4CCOC4)c3=O)c(C)c2)CC1. The third-order valence-electron chi connectivity index (χ3n) is 9.98. The first-order chi connectivity index (χ1) is 22.8. The first-order valence-corrected chi connectivity index (χ1v) is 16.9. The maximum atomic E-state index is 14.3. The number of benzene rings is 1. The summed E-state index contributed by atoms with van der Waals surface area (Å²) < 4.78 is 13.7. The summed E-state index contributed by atoms with van der Waals surface area (Å²) in [6.07, 6.45) is 8.96.